The molecule has 5 N–H and O–H groups in total. The van der Waals surface area contributed by atoms with Gasteiger partial charge in [-0.2, -0.15) is 0 Å². The number of nitrogens with one attached hydrogen (secondary N) is 2. The standard InChI is InChI=1S/C24H37N5O4/c1-28-13-9-18(10-14-28)27-21(16-22(30)31)24(32)29-12-3-2-4-19(29)11-15-33-20-7-5-17(6-8-20)23(25)26/h5-8,18-19,21,27H,2-4,9-16H2,1H3,(H3,25,26)(H,30,31)/t19-,21+/m1/s1. The van der Waals surface area contributed by atoms with Gasteiger partial charge in [0.05, 0.1) is 19.1 Å². The summed E-state index contributed by atoms with van der Waals surface area (Å²) in [6, 6.07) is 6.58. The van der Waals surface area contributed by atoms with Gasteiger partial charge in [0.1, 0.15) is 11.6 Å². The summed E-state index contributed by atoms with van der Waals surface area (Å²) in [5.74, 6) is -0.351. The molecule has 33 heavy (non-hydrogen) atoms. The summed E-state index contributed by atoms with van der Waals surface area (Å²) < 4.78 is 5.86. The van der Waals surface area contributed by atoms with Gasteiger partial charge >= 0.3 is 5.97 Å². The summed E-state index contributed by atoms with van der Waals surface area (Å²) in [6.45, 7) is 3.01. The molecule has 3 rings (SSSR count). The fraction of sp³-hybridized carbons (Fsp3) is 0.625. The number of piperidine rings is 2. The number of rotatable bonds is 10. The molecule has 1 aromatic carbocycles. The number of carbonyl (C=O) groups is 2. The number of likely N-dealkylation sites (tertiary alicyclic amines) is 2. The largest absolute Gasteiger partial charge is 0.494 e. The van der Waals surface area contributed by atoms with Crippen molar-refractivity contribution in [1.29, 1.82) is 5.41 Å². The van der Waals surface area contributed by atoms with E-state index in [0.29, 0.717) is 30.9 Å². The van der Waals surface area contributed by atoms with Crippen molar-refractivity contribution < 1.29 is 19.4 Å². The van der Waals surface area contributed by atoms with Crippen LogP contribution in [-0.2, 0) is 9.59 Å². The maximum atomic E-state index is 13.4. The Hall–Kier alpha value is -2.65. The summed E-state index contributed by atoms with van der Waals surface area (Å²) in [5, 5.41) is 20.3. The number of carboxylic acids is 1. The number of ether oxygens (including phenoxy) is 1. The third kappa shape index (κ3) is 7.43. The molecule has 0 saturated carbocycles. The van der Waals surface area contributed by atoms with Gasteiger partial charge in [0.2, 0.25) is 5.91 Å². The van der Waals surface area contributed by atoms with Crippen molar-refractivity contribution in [2.24, 2.45) is 5.73 Å². The number of nitrogens with zero attached hydrogens (tertiary/aromatic N) is 2. The Morgan fingerprint density at radius 1 is 1.18 bits per heavy atom. The van der Waals surface area contributed by atoms with Gasteiger partial charge in [-0.25, -0.2) is 0 Å². The highest BCUT2D eigenvalue weighted by atomic mass is 16.5. The Balaban J connectivity index is 1.58. The van der Waals surface area contributed by atoms with Crippen LogP contribution < -0.4 is 15.8 Å². The van der Waals surface area contributed by atoms with Crippen LogP contribution in [0.2, 0.25) is 0 Å². The van der Waals surface area contributed by atoms with Crippen LogP contribution >= 0.6 is 0 Å². The molecule has 0 aliphatic carbocycles. The van der Waals surface area contributed by atoms with Gasteiger partial charge in [0, 0.05) is 30.6 Å². The van der Waals surface area contributed by atoms with Crippen molar-refractivity contribution in [3.8, 4) is 5.75 Å². The van der Waals surface area contributed by atoms with Crippen molar-refractivity contribution in [2.45, 2.75) is 63.1 Å². The van der Waals surface area contributed by atoms with E-state index >= 15 is 0 Å². The molecule has 2 atom stereocenters. The summed E-state index contributed by atoms with van der Waals surface area (Å²) in [4.78, 5) is 29.1. The molecule has 1 amide bonds. The topological polar surface area (TPSA) is 132 Å². The Kier molecular flexibility index (Phi) is 9.08. The summed E-state index contributed by atoms with van der Waals surface area (Å²) in [7, 11) is 2.08. The van der Waals surface area contributed by atoms with Gasteiger partial charge in [-0.05, 0) is 76.5 Å². The zero-order chi connectivity index (χ0) is 23.8. The molecule has 2 aliphatic rings. The van der Waals surface area contributed by atoms with Crippen LogP contribution in [0.25, 0.3) is 0 Å². The molecule has 182 valence electrons. The third-order valence-electron chi connectivity index (χ3n) is 6.63. The Morgan fingerprint density at radius 3 is 2.52 bits per heavy atom. The SMILES string of the molecule is CN1CCC(N[C@@H](CC(=O)O)C(=O)N2CCCC[C@@H]2CCOc2ccc(C(=N)N)cc2)CC1. The summed E-state index contributed by atoms with van der Waals surface area (Å²) >= 11 is 0. The highest BCUT2D eigenvalue weighted by Crippen LogP contribution is 2.23. The smallest absolute Gasteiger partial charge is 0.305 e. The van der Waals surface area contributed by atoms with E-state index in [1.807, 2.05) is 4.90 Å². The Bertz CT molecular complexity index is 808. The lowest BCUT2D eigenvalue weighted by atomic mass is 9.97. The second-order valence-corrected chi connectivity index (χ2v) is 9.15. The van der Waals surface area contributed by atoms with Crippen molar-refractivity contribution in [3.63, 3.8) is 0 Å². The van der Waals surface area contributed by atoms with E-state index in [2.05, 4.69) is 17.3 Å². The number of nitrogens with two attached hydrogens (primary N) is 1. The molecule has 1 aromatic rings. The quantitative estimate of drug-likeness (QED) is 0.309. The van der Waals surface area contributed by atoms with Gasteiger partial charge in [0.25, 0.3) is 0 Å². The number of carbonyl (C=O) groups excluding carboxylic acids is 1. The van der Waals surface area contributed by atoms with E-state index in [4.69, 9.17) is 15.9 Å². The monoisotopic (exact) mass is 459 g/mol. The van der Waals surface area contributed by atoms with E-state index in [0.717, 1.165) is 45.2 Å². The predicted octanol–water partition coefficient (Wildman–Crippen LogP) is 1.65. The van der Waals surface area contributed by atoms with Crippen molar-refractivity contribution in [1.82, 2.24) is 15.1 Å². The van der Waals surface area contributed by atoms with E-state index in [1.165, 1.54) is 0 Å². The minimum Gasteiger partial charge on any atom is -0.494 e. The van der Waals surface area contributed by atoms with Gasteiger partial charge in [-0.1, -0.05) is 0 Å². The number of hydrogen-bond acceptors (Lipinski definition) is 6. The van der Waals surface area contributed by atoms with E-state index < -0.39 is 12.0 Å². The van der Waals surface area contributed by atoms with E-state index in [9.17, 15) is 14.7 Å². The second-order valence-electron chi connectivity index (χ2n) is 9.15. The van der Waals surface area contributed by atoms with Gasteiger partial charge < -0.3 is 30.7 Å². The summed E-state index contributed by atoms with van der Waals surface area (Å²) in [5.41, 5.74) is 6.13. The third-order valence-corrected chi connectivity index (χ3v) is 6.63. The number of hydrogen-bond donors (Lipinski definition) is 4. The molecular formula is C24H37N5O4. The normalized spacial score (nSPS) is 20.9. The fourth-order valence-electron chi connectivity index (χ4n) is 4.69. The zero-order valence-corrected chi connectivity index (χ0v) is 19.5. The molecule has 0 spiro atoms. The summed E-state index contributed by atoms with van der Waals surface area (Å²) in [6.07, 6.45) is 5.20. The average Bonchev–Trinajstić information content (AvgIpc) is 2.80. The van der Waals surface area contributed by atoms with Crippen LogP contribution in [0.3, 0.4) is 0 Å². The first kappa shape index (κ1) is 25.0. The van der Waals surface area contributed by atoms with E-state index in [-0.39, 0.29) is 30.2 Å². The van der Waals surface area contributed by atoms with Gasteiger partial charge in [0.15, 0.2) is 0 Å². The first-order chi connectivity index (χ1) is 15.8. The molecule has 0 aromatic heterocycles. The number of carboxylic acid groups (broad SMARTS) is 1. The molecule has 2 fully saturated rings. The van der Waals surface area contributed by atoms with Crippen molar-refractivity contribution in [3.05, 3.63) is 29.8 Å². The Morgan fingerprint density at radius 2 is 1.88 bits per heavy atom. The van der Waals surface area contributed by atoms with Crippen LogP contribution in [0.4, 0.5) is 0 Å². The molecule has 9 nitrogen and oxygen atoms in total. The minimum absolute atomic E-state index is 0.0164. The highest BCUT2D eigenvalue weighted by molar-refractivity contribution is 5.94. The molecular weight excluding hydrogens is 422 g/mol. The maximum absolute atomic E-state index is 13.4. The van der Waals surface area contributed by atoms with Crippen LogP contribution in [0.15, 0.2) is 24.3 Å². The first-order valence-corrected chi connectivity index (χ1v) is 11.9. The van der Waals surface area contributed by atoms with Crippen LogP contribution in [0, 0.1) is 5.41 Å². The van der Waals surface area contributed by atoms with Gasteiger partial charge in [-0.3, -0.25) is 15.0 Å². The molecule has 0 bridgehead atoms. The van der Waals surface area contributed by atoms with Crippen molar-refractivity contribution in [2.75, 3.05) is 33.3 Å². The molecule has 2 saturated heterocycles. The fourth-order valence-corrected chi connectivity index (χ4v) is 4.69. The van der Waals surface area contributed by atoms with E-state index in [1.54, 1.807) is 24.3 Å². The lowest BCUT2D eigenvalue weighted by molar-refractivity contribution is -0.145. The van der Waals surface area contributed by atoms with Gasteiger partial charge in [-0.15, -0.1) is 0 Å². The number of amides is 1. The highest BCUT2D eigenvalue weighted by Gasteiger charge is 2.34. The van der Waals surface area contributed by atoms with Crippen molar-refractivity contribution >= 4 is 17.7 Å². The lowest BCUT2D eigenvalue weighted by Gasteiger charge is -2.39. The number of aliphatic carboxylic acids is 1. The molecule has 2 aliphatic heterocycles. The Labute approximate surface area is 195 Å². The number of nitrogen functional groups attached to an aromatic ring is 1. The average molecular weight is 460 g/mol. The second kappa shape index (κ2) is 12.0. The molecule has 9 heteroatoms. The van der Waals surface area contributed by atoms with Crippen LogP contribution in [0.5, 0.6) is 5.75 Å². The maximum Gasteiger partial charge on any atom is 0.305 e. The zero-order valence-electron chi connectivity index (χ0n) is 19.5. The number of amidine groups is 1. The lowest BCUT2D eigenvalue weighted by Crippen LogP contribution is -2.56. The molecule has 0 radical (unpaired) electrons. The van der Waals surface area contributed by atoms with Crippen LogP contribution in [-0.4, -0.2) is 84.0 Å². The molecule has 2 heterocycles. The first-order valence-electron chi connectivity index (χ1n) is 11.9. The molecule has 0 unspecified atom stereocenters. The predicted molar refractivity (Wildman–Crippen MR) is 127 cm³/mol. The van der Waals surface area contributed by atoms with Crippen LogP contribution in [0.1, 0.15) is 50.5 Å². The minimum atomic E-state index is -0.959. The number of benzene rings is 1.